The van der Waals surface area contributed by atoms with Crippen molar-refractivity contribution in [2.75, 3.05) is 39.4 Å². The summed E-state index contributed by atoms with van der Waals surface area (Å²) < 4.78 is 5.27. The number of aryl methyl sites for hydroxylation is 1. The number of carbonyl (C=O) groups is 1. The van der Waals surface area contributed by atoms with E-state index >= 15 is 0 Å². The Kier molecular flexibility index (Phi) is 10.2. The summed E-state index contributed by atoms with van der Waals surface area (Å²) in [4.78, 5) is 13.6. The summed E-state index contributed by atoms with van der Waals surface area (Å²) in [7, 11) is 0. The van der Waals surface area contributed by atoms with Crippen molar-refractivity contribution < 1.29 is 71.1 Å². The van der Waals surface area contributed by atoms with Gasteiger partial charge in [-0.05, 0) is 30.5 Å². The molecule has 1 aromatic carbocycles. The average molecular weight is 360 g/mol. The molecular formula is C17H25KN2O4. The minimum absolute atomic E-state index is 0. The number of carboxylic acid groups (broad SMARTS) is 1. The van der Waals surface area contributed by atoms with E-state index in [-0.39, 0.29) is 57.9 Å². The molecule has 1 saturated heterocycles. The molecule has 0 amide bonds. The Hall–Kier alpha value is 0.166. The summed E-state index contributed by atoms with van der Waals surface area (Å²) in [5, 5.41) is 24.6. The number of hydrogen-bond donors (Lipinski definition) is 2. The number of nitrogens with zero attached hydrogens (tertiary/aromatic N) is 1. The minimum atomic E-state index is -1.18. The number of nitrogens with one attached hydrogen (secondary N) is 1. The van der Waals surface area contributed by atoms with Gasteiger partial charge >= 0.3 is 51.4 Å². The molecule has 0 saturated carbocycles. The van der Waals surface area contributed by atoms with Crippen molar-refractivity contribution in [3.8, 4) is 0 Å². The van der Waals surface area contributed by atoms with Crippen LogP contribution in [0, 0.1) is 13.8 Å². The molecule has 128 valence electrons. The van der Waals surface area contributed by atoms with Crippen LogP contribution in [0.1, 0.15) is 22.7 Å². The molecule has 24 heavy (non-hydrogen) atoms. The molecule has 7 heteroatoms. The Morgan fingerprint density at radius 1 is 1.38 bits per heavy atom. The molecule has 2 rings (SSSR count). The van der Waals surface area contributed by atoms with Gasteiger partial charge in [0.1, 0.15) is 0 Å². The number of ether oxygens (including phenoxy) is 1. The number of carbonyl (C=O) groups excluding carboxylic acids is 1. The normalized spacial score (nSPS) is 17.8. The molecule has 0 radical (unpaired) electrons. The maximum atomic E-state index is 11.5. The van der Waals surface area contributed by atoms with Crippen molar-refractivity contribution in [2.24, 2.45) is 0 Å². The van der Waals surface area contributed by atoms with Crippen molar-refractivity contribution in [2.45, 2.75) is 26.0 Å². The van der Waals surface area contributed by atoms with Crippen molar-refractivity contribution in [3.63, 3.8) is 0 Å². The van der Waals surface area contributed by atoms with Gasteiger partial charge in [0.2, 0.25) is 0 Å². The van der Waals surface area contributed by atoms with E-state index in [0.29, 0.717) is 25.3 Å². The van der Waals surface area contributed by atoms with Crippen LogP contribution >= 0.6 is 0 Å². The second-order valence-corrected chi connectivity index (χ2v) is 6.02. The van der Waals surface area contributed by atoms with E-state index in [2.05, 4.69) is 10.2 Å². The van der Waals surface area contributed by atoms with Crippen LogP contribution in [0.25, 0.3) is 0 Å². The van der Waals surface area contributed by atoms with E-state index < -0.39 is 18.1 Å². The Balaban J connectivity index is 0.00000288. The predicted molar refractivity (Wildman–Crippen MR) is 84.9 cm³/mol. The number of rotatable bonds is 7. The second-order valence-electron chi connectivity index (χ2n) is 6.02. The van der Waals surface area contributed by atoms with Crippen molar-refractivity contribution >= 4 is 5.97 Å². The Morgan fingerprint density at radius 2 is 2.04 bits per heavy atom. The molecule has 0 bridgehead atoms. The number of β-amino-alcohol motifs (C(OH)–C–C–N with tert-alkyl or cyclic N) is 1. The van der Waals surface area contributed by atoms with E-state index in [9.17, 15) is 15.0 Å². The van der Waals surface area contributed by atoms with Crippen LogP contribution in [0.4, 0.5) is 0 Å². The van der Waals surface area contributed by atoms with Crippen LogP contribution in [0.5, 0.6) is 0 Å². The van der Waals surface area contributed by atoms with Gasteiger partial charge in [-0.3, -0.25) is 4.90 Å². The molecule has 0 aliphatic carbocycles. The average Bonchev–Trinajstić information content (AvgIpc) is 2.52. The number of aliphatic hydroxyl groups is 1. The topological polar surface area (TPSA) is 84.9 Å². The number of morpholine rings is 1. The quantitative estimate of drug-likeness (QED) is 0.489. The molecule has 2 N–H and O–H groups in total. The van der Waals surface area contributed by atoms with Gasteiger partial charge in [-0.1, -0.05) is 18.2 Å². The number of hydrogen-bond acceptors (Lipinski definition) is 6. The van der Waals surface area contributed by atoms with Crippen LogP contribution in [0.15, 0.2) is 18.2 Å². The predicted octanol–water partition coefficient (Wildman–Crippen LogP) is -3.62. The van der Waals surface area contributed by atoms with Crippen LogP contribution < -0.4 is 61.8 Å². The Bertz CT molecular complexity index is 535. The van der Waals surface area contributed by atoms with Gasteiger partial charge in [0.25, 0.3) is 0 Å². The molecule has 1 aromatic rings. The van der Waals surface area contributed by atoms with Gasteiger partial charge in [0.15, 0.2) is 0 Å². The number of benzene rings is 1. The second kappa shape index (κ2) is 11.0. The first-order valence-electron chi connectivity index (χ1n) is 7.97. The van der Waals surface area contributed by atoms with Gasteiger partial charge in [-0.2, -0.15) is 0 Å². The fourth-order valence-corrected chi connectivity index (χ4v) is 2.81. The third-order valence-corrected chi connectivity index (χ3v) is 4.32. The molecule has 1 heterocycles. The molecule has 0 aromatic heterocycles. The maximum Gasteiger partial charge on any atom is 1.00 e. The molecule has 2 atom stereocenters. The zero-order valence-corrected chi connectivity index (χ0v) is 17.9. The first-order chi connectivity index (χ1) is 11.0. The smallest absolute Gasteiger partial charge is 0.548 e. The number of aliphatic carboxylic acids is 1. The molecular weight excluding hydrogens is 335 g/mol. The van der Waals surface area contributed by atoms with Crippen LogP contribution in [-0.2, 0) is 9.53 Å². The third kappa shape index (κ3) is 6.47. The SMILES string of the molecule is Cc1cccc(C(NCC(O)CN2CCOCC2)C(=O)[O-])c1C.[K+]. The van der Waals surface area contributed by atoms with E-state index in [0.717, 1.165) is 24.2 Å². The molecule has 2 unspecified atom stereocenters. The van der Waals surface area contributed by atoms with Crippen LogP contribution in [-0.4, -0.2) is 61.5 Å². The maximum absolute atomic E-state index is 11.5. The standard InChI is InChI=1S/C17H26N2O4.K/c1-12-4-3-5-15(13(12)2)16(17(21)22)18-10-14(20)11-19-6-8-23-9-7-19;/h3-5,14,16,18,20H,6-11H2,1-2H3,(H,21,22);/q;+1/p-1. The fraction of sp³-hybridized carbons (Fsp3) is 0.588. The minimum Gasteiger partial charge on any atom is -0.548 e. The van der Waals surface area contributed by atoms with Gasteiger partial charge < -0.3 is 25.1 Å². The van der Waals surface area contributed by atoms with Crippen LogP contribution in [0.3, 0.4) is 0 Å². The fourth-order valence-electron chi connectivity index (χ4n) is 2.81. The summed E-state index contributed by atoms with van der Waals surface area (Å²) in [5.74, 6) is -1.18. The van der Waals surface area contributed by atoms with E-state index in [1.807, 2.05) is 26.0 Å². The van der Waals surface area contributed by atoms with Gasteiger partial charge in [0, 0.05) is 26.2 Å². The van der Waals surface area contributed by atoms with Crippen molar-refractivity contribution in [3.05, 3.63) is 34.9 Å². The largest absolute Gasteiger partial charge is 1.00 e. The first-order valence-corrected chi connectivity index (χ1v) is 7.97. The van der Waals surface area contributed by atoms with Crippen molar-refractivity contribution in [1.29, 1.82) is 0 Å². The summed E-state index contributed by atoms with van der Waals surface area (Å²) in [6.45, 7) is 7.46. The van der Waals surface area contributed by atoms with Crippen LogP contribution in [0.2, 0.25) is 0 Å². The summed E-state index contributed by atoms with van der Waals surface area (Å²) >= 11 is 0. The molecule has 1 aliphatic heterocycles. The summed E-state index contributed by atoms with van der Waals surface area (Å²) in [5.41, 5.74) is 2.64. The Labute approximate surface area is 186 Å². The van der Waals surface area contributed by atoms with E-state index in [4.69, 9.17) is 4.74 Å². The van der Waals surface area contributed by atoms with Crippen molar-refractivity contribution in [1.82, 2.24) is 10.2 Å². The molecule has 0 spiro atoms. The zero-order chi connectivity index (χ0) is 16.8. The van der Waals surface area contributed by atoms with E-state index in [1.165, 1.54) is 0 Å². The Morgan fingerprint density at radius 3 is 2.67 bits per heavy atom. The first kappa shape index (κ1) is 22.2. The third-order valence-electron chi connectivity index (χ3n) is 4.32. The molecule has 6 nitrogen and oxygen atoms in total. The zero-order valence-electron chi connectivity index (χ0n) is 14.7. The van der Waals surface area contributed by atoms with E-state index in [1.54, 1.807) is 6.07 Å². The monoisotopic (exact) mass is 360 g/mol. The summed E-state index contributed by atoms with van der Waals surface area (Å²) in [6.07, 6.45) is -0.639. The molecule has 1 aliphatic rings. The molecule has 1 fully saturated rings. The number of aliphatic hydroxyl groups excluding tert-OH is 1. The summed E-state index contributed by atoms with van der Waals surface area (Å²) in [6, 6.07) is 4.64. The van der Waals surface area contributed by atoms with Gasteiger partial charge in [-0.15, -0.1) is 0 Å². The van der Waals surface area contributed by atoms with Gasteiger partial charge in [-0.25, -0.2) is 0 Å². The number of carboxylic acids is 1. The van der Waals surface area contributed by atoms with Gasteiger partial charge in [0.05, 0.1) is 31.3 Å².